The molecule has 6 nitrogen and oxygen atoms in total. The first kappa shape index (κ1) is 14.6. The van der Waals surface area contributed by atoms with Crippen molar-refractivity contribution in [2.24, 2.45) is 0 Å². The fraction of sp³-hybridized carbons (Fsp3) is 0.857. The number of carbonyl (C=O) groups is 1. The molecule has 0 aromatic heterocycles. The molecule has 0 aromatic rings. The summed E-state index contributed by atoms with van der Waals surface area (Å²) < 4.78 is 36.1. The third-order valence-electron chi connectivity index (χ3n) is 1.15. The van der Waals surface area contributed by atoms with Crippen molar-refractivity contribution >= 4 is 24.7 Å². The number of ether oxygens (including phenoxy) is 1. The van der Waals surface area contributed by atoms with Gasteiger partial charge >= 0.3 is 16.4 Å². The van der Waals surface area contributed by atoms with Crippen molar-refractivity contribution in [3.05, 3.63) is 0 Å². The van der Waals surface area contributed by atoms with E-state index in [1.807, 2.05) is 0 Å². The van der Waals surface area contributed by atoms with Crippen molar-refractivity contribution in [2.75, 3.05) is 7.11 Å². The number of methoxy groups -OCH3 is 1. The molecule has 90 valence electrons. The second-order valence-corrected chi connectivity index (χ2v) is 9.77. The van der Waals surface area contributed by atoms with Crippen LogP contribution in [0.25, 0.3) is 0 Å². The Morgan fingerprint density at radius 3 is 2.07 bits per heavy atom. The van der Waals surface area contributed by atoms with Crippen LogP contribution in [0, 0.1) is 0 Å². The van der Waals surface area contributed by atoms with Crippen molar-refractivity contribution in [1.82, 2.24) is 0 Å². The molecule has 0 saturated heterocycles. The standard InChI is InChI=1S/C7H16O6SSi/c1-6(7(8)11-2)12-14(9,10)13-15(3,4)5/h6H,1-5H3. The van der Waals surface area contributed by atoms with Gasteiger partial charge in [0.1, 0.15) is 0 Å². The Morgan fingerprint density at radius 1 is 1.27 bits per heavy atom. The lowest BCUT2D eigenvalue weighted by atomic mass is 10.4. The van der Waals surface area contributed by atoms with E-state index in [2.05, 4.69) is 8.92 Å². The first-order chi connectivity index (χ1) is 6.57. The summed E-state index contributed by atoms with van der Waals surface area (Å²) in [5.41, 5.74) is 0. The summed E-state index contributed by atoms with van der Waals surface area (Å²) in [6.07, 6.45) is -1.20. The highest BCUT2D eigenvalue weighted by Crippen LogP contribution is 2.11. The van der Waals surface area contributed by atoms with Gasteiger partial charge in [-0.25, -0.2) is 8.98 Å². The molecule has 8 heteroatoms. The molecule has 1 unspecified atom stereocenters. The molecule has 0 heterocycles. The van der Waals surface area contributed by atoms with Gasteiger partial charge in [0.2, 0.25) is 8.32 Å². The van der Waals surface area contributed by atoms with Gasteiger partial charge in [0.15, 0.2) is 6.10 Å². The Balaban J connectivity index is 4.46. The fourth-order valence-electron chi connectivity index (χ4n) is 0.708. The summed E-state index contributed by atoms with van der Waals surface area (Å²) in [5.74, 6) is -0.766. The third kappa shape index (κ3) is 6.61. The average Bonchev–Trinajstić information content (AvgIpc) is 1.96. The summed E-state index contributed by atoms with van der Waals surface area (Å²) in [5, 5.41) is 0. The topological polar surface area (TPSA) is 78.9 Å². The molecule has 0 aliphatic heterocycles. The predicted molar refractivity (Wildman–Crippen MR) is 55.9 cm³/mol. The van der Waals surface area contributed by atoms with E-state index in [0.717, 1.165) is 7.11 Å². The number of hydrogen-bond donors (Lipinski definition) is 0. The molecular formula is C7H16O6SSi. The monoisotopic (exact) mass is 256 g/mol. The summed E-state index contributed by atoms with van der Waals surface area (Å²) >= 11 is 0. The minimum absolute atomic E-state index is 0.766. The van der Waals surface area contributed by atoms with Crippen molar-refractivity contribution in [1.29, 1.82) is 0 Å². The van der Waals surface area contributed by atoms with Crippen molar-refractivity contribution < 1.29 is 26.0 Å². The van der Waals surface area contributed by atoms with E-state index in [-0.39, 0.29) is 0 Å². The molecule has 0 aliphatic rings. The first-order valence-corrected chi connectivity index (χ1v) is 9.03. The minimum atomic E-state index is -4.13. The zero-order valence-corrected chi connectivity index (χ0v) is 11.3. The van der Waals surface area contributed by atoms with Crippen LogP contribution in [-0.2, 0) is 28.0 Å². The van der Waals surface area contributed by atoms with E-state index >= 15 is 0 Å². The number of carbonyl (C=O) groups excluding carboxylic acids is 1. The molecular weight excluding hydrogens is 240 g/mol. The maximum atomic E-state index is 11.3. The average molecular weight is 256 g/mol. The van der Waals surface area contributed by atoms with E-state index in [1.165, 1.54) is 6.92 Å². The summed E-state index contributed by atoms with van der Waals surface area (Å²) in [6.45, 7) is 6.35. The lowest BCUT2D eigenvalue weighted by Crippen LogP contribution is -2.34. The fourth-order valence-corrected chi connectivity index (χ4v) is 3.75. The van der Waals surface area contributed by atoms with Gasteiger partial charge in [-0.3, -0.25) is 3.87 Å². The zero-order chi connectivity index (χ0) is 12.3. The molecule has 0 fully saturated rings. The van der Waals surface area contributed by atoms with Crippen molar-refractivity contribution in [2.45, 2.75) is 32.7 Å². The Morgan fingerprint density at radius 2 is 1.73 bits per heavy atom. The highest BCUT2D eigenvalue weighted by atomic mass is 32.3. The van der Waals surface area contributed by atoms with Gasteiger partial charge in [-0.1, -0.05) is 0 Å². The lowest BCUT2D eigenvalue weighted by molar-refractivity contribution is -0.148. The first-order valence-electron chi connectivity index (χ1n) is 4.29. The Hall–Kier alpha value is -0.443. The maximum absolute atomic E-state index is 11.3. The van der Waals surface area contributed by atoms with Gasteiger partial charge in [0, 0.05) is 0 Å². The number of hydrogen-bond acceptors (Lipinski definition) is 6. The molecule has 0 amide bonds. The summed E-state index contributed by atoms with van der Waals surface area (Å²) in [4.78, 5) is 10.9. The van der Waals surface area contributed by atoms with Gasteiger partial charge in [0.05, 0.1) is 7.11 Å². The number of rotatable bonds is 5. The molecule has 0 saturated carbocycles. The molecule has 15 heavy (non-hydrogen) atoms. The zero-order valence-electron chi connectivity index (χ0n) is 9.44. The quantitative estimate of drug-likeness (QED) is 0.531. The van der Waals surface area contributed by atoms with Crippen LogP contribution in [0.15, 0.2) is 0 Å². The predicted octanol–water partition coefficient (Wildman–Crippen LogP) is 0.661. The Labute approximate surface area is 91.0 Å². The molecule has 0 aliphatic carbocycles. The highest BCUT2D eigenvalue weighted by molar-refractivity contribution is 7.83. The van der Waals surface area contributed by atoms with E-state index < -0.39 is 30.8 Å². The SMILES string of the molecule is COC(=O)C(C)OS(=O)(=O)O[Si](C)(C)C. The third-order valence-corrected chi connectivity index (χ3v) is 4.49. The summed E-state index contributed by atoms with van der Waals surface area (Å²) in [6, 6.07) is 0. The van der Waals surface area contributed by atoms with Crippen LogP contribution in [0.5, 0.6) is 0 Å². The van der Waals surface area contributed by atoms with Gasteiger partial charge in [-0.15, -0.1) is 0 Å². The molecule has 0 rings (SSSR count). The second-order valence-electron chi connectivity index (χ2n) is 3.87. The normalized spacial score (nSPS) is 14.7. The highest BCUT2D eigenvalue weighted by Gasteiger charge is 2.29. The number of esters is 1. The smallest absolute Gasteiger partial charge is 0.390 e. The van der Waals surface area contributed by atoms with Crippen LogP contribution in [0.1, 0.15) is 6.92 Å². The van der Waals surface area contributed by atoms with E-state index in [9.17, 15) is 13.2 Å². The lowest BCUT2D eigenvalue weighted by Gasteiger charge is -2.17. The van der Waals surface area contributed by atoms with Crippen LogP contribution < -0.4 is 0 Å². The maximum Gasteiger partial charge on any atom is 0.390 e. The van der Waals surface area contributed by atoms with Crippen LogP contribution in [0.3, 0.4) is 0 Å². The Bertz CT molecular complexity index is 317. The van der Waals surface area contributed by atoms with Crippen LogP contribution >= 0.6 is 0 Å². The Kier molecular flexibility index (Phi) is 4.91. The molecule has 0 aromatic carbocycles. The van der Waals surface area contributed by atoms with Gasteiger partial charge in [0.25, 0.3) is 0 Å². The molecule has 1 atom stereocenters. The van der Waals surface area contributed by atoms with Crippen LogP contribution in [0.4, 0.5) is 0 Å². The van der Waals surface area contributed by atoms with Gasteiger partial charge < -0.3 is 4.74 Å². The molecule has 0 radical (unpaired) electrons. The summed E-state index contributed by atoms with van der Waals surface area (Å²) in [7, 11) is -5.26. The second kappa shape index (κ2) is 5.06. The van der Waals surface area contributed by atoms with Crippen LogP contribution in [0.2, 0.25) is 19.6 Å². The minimum Gasteiger partial charge on any atom is -0.467 e. The molecule has 0 N–H and O–H groups in total. The van der Waals surface area contributed by atoms with Gasteiger partial charge in [-0.2, -0.15) is 8.42 Å². The van der Waals surface area contributed by atoms with Crippen molar-refractivity contribution in [3.63, 3.8) is 0 Å². The van der Waals surface area contributed by atoms with Crippen LogP contribution in [-0.4, -0.2) is 35.9 Å². The molecule has 0 spiro atoms. The van der Waals surface area contributed by atoms with Gasteiger partial charge in [-0.05, 0) is 26.6 Å². The van der Waals surface area contributed by atoms with E-state index in [4.69, 9.17) is 3.87 Å². The van der Waals surface area contributed by atoms with E-state index in [0.29, 0.717) is 0 Å². The van der Waals surface area contributed by atoms with Crippen molar-refractivity contribution in [3.8, 4) is 0 Å². The molecule has 0 bridgehead atoms. The largest absolute Gasteiger partial charge is 0.467 e. The van der Waals surface area contributed by atoms with E-state index in [1.54, 1.807) is 19.6 Å².